The number of nitrogens with one attached hydrogen (secondary N) is 1. The van der Waals surface area contributed by atoms with Gasteiger partial charge in [-0.25, -0.2) is 4.98 Å². The Morgan fingerprint density at radius 2 is 2.26 bits per heavy atom. The normalized spacial score (nSPS) is 17.3. The molecule has 1 amide bonds. The third-order valence-corrected chi connectivity index (χ3v) is 3.76. The zero-order valence-electron chi connectivity index (χ0n) is 13.1. The van der Waals surface area contributed by atoms with E-state index >= 15 is 0 Å². The molecule has 3 heterocycles. The molecule has 1 aliphatic heterocycles. The molecule has 1 atom stereocenters. The minimum atomic E-state index is 0. The van der Waals surface area contributed by atoms with Gasteiger partial charge < -0.3 is 19.1 Å². The number of furan rings is 1. The Balaban J connectivity index is 0.00000132. The Morgan fingerprint density at radius 3 is 2.91 bits per heavy atom. The van der Waals surface area contributed by atoms with Crippen molar-refractivity contribution in [2.75, 3.05) is 19.6 Å². The van der Waals surface area contributed by atoms with Gasteiger partial charge in [0.05, 0.1) is 18.4 Å². The summed E-state index contributed by atoms with van der Waals surface area (Å²) in [5.41, 5.74) is 0.678. The second kappa shape index (κ2) is 8.38. The second-order valence-corrected chi connectivity index (χ2v) is 5.32. The number of halogens is 2. The van der Waals surface area contributed by atoms with Gasteiger partial charge in [-0.3, -0.25) is 4.79 Å². The average Bonchev–Trinajstić information content (AvgIpc) is 3.10. The fourth-order valence-corrected chi connectivity index (χ4v) is 2.55. The maximum absolute atomic E-state index is 12.4. The molecule has 23 heavy (non-hydrogen) atoms. The van der Waals surface area contributed by atoms with Crippen LogP contribution in [0.2, 0.25) is 0 Å². The maximum atomic E-state index is 12.4. The lowest BCUT2D eigenvalue weighted by molar-refractivity contribution is -0.133. The first-order valence-electron chi connectivity index (χ1n) is 7.15. The van der Waals surface area contributed by atoms with Crippen molar-refractivity contribution >= 4 is 30.7 Å². The van der Waals surface area contributed by atoms with E-state index in [9.17, 15) is 4.79 Å². The van der Waals surface area contributed by atoms with Crippen LogP contribution in [0.4, 0.5) is 0 Å². The van der Waals surface area contributed by atoms with Gasteiger partial charge >= 0.3 is 0 Å². The molecule has 1 fully saturated rings. The maximum Gasteiger partial charge on any atom is 0.263 e. The molecule has 128 valence electrons. The van der Waals surface area contributed by atoms with E-state index < -0.39 is 0 Å². The summed E-state index contributed by atoms with van der Waals surface area (Å²) in [5, 5.41) is 3.28. The number of aromatic nitrogens is 1. The molecule has 0 radical (unpaired) electrons. The number of nitrogens with zero attached hydrogens (tertiary/aromatic N) is 2. The molecule has 0 saturated carbocycles. The topological polar surface area (TPSA) is 71.5 Å². The summed E-state index contributed by atoms with van der Waals surface area (Å²) in [4.78, 5) is 18.7. The molecule has 1 N–H and O–H groups in total. The molecule has 1 saturated heterocycles. The van der Waals surface area contributed by atoms with E-state index in [2.05, 4.69) is 10.3 Å². The van der Waals surface area contributed by atoms with Crippen molar-refractivity contribution in [3.05, 3.63) is 29.9 Å². The van der Waals surface area contributed by atoms with E-state index in [4.69, 9.17) is 8.83 Å². The van der Waals surface area contributed by atoms with Crippen molar-refractivity contribution in [3.8, 4) is 11.7 Å². The van der Waals surface area contributed by atoms with E-state index in [1.54, 1.807) is 18.4 Å². The van der Waals surface area contributed by atoms with Gasteiger partial charge in [0.2, 0.25) is 5.91 Å². The smallest absolute Gasteiger partial charge is 0.263 e. The van der Waals surface area contributed by atoms with Crippen LogP contribution < -0.4 is 5.32 Å². The SMILES string of the molecule is Cc1oc(-c2ccco2)nc1CC(=O)N1CCNC[C@H]1C.Cl.Cl. The first-order valence-corrected chi connectivity index (χ1v) is 7.15. The van der Waals surface area contributed by atoms with E-state index in [0.717, 1.165) is 19.6 Å². The fourth-order valence-electron chi connectivity index (χ4n) is 2.55. The number of oxazole rings is 1. The Morgan fingerprint density at radius 1 is 1.48 bits per heavy atom. The van der Waals surface area contributed by atoms with Crippen LogP contribution in [-0.4, -0.2) is 41.5 Å². The molecular weight excluding hydrogens is 341 g/mol. The molecular formula is C15H21Cl2N3O3. The summed E-state index contributed by atoms with van der Waals surface area (Å²) >= 11 is 0. The number of carbonyl (C=O) groups is 1. The summed E-state index contributed by atoms with van der Waals surface area (Å²) in [6.07, 6.45) is 1.84. The predicted molar refractivity (Wildman–Crippen MR) is 91.2 cm³/mol. The molecule has 2 aromatic heterocycles. The Labute approximate surface area is 147 Å². The molecule has 0 unspecified atom stereocenters. The summed E-state index contributed by atoms with van der Waals surface area (Å²) in [6, 6.07) is 3.78. The monoisotopic (exact) mass is 361 g/mol. The number of carbonyl (C=O) groups excluding carboxylic acids is 1. The van der Waals surface area contributed by atoms with Crippen molar-refractivity contribution in [1.29, 1.82) is 0 Å². The van der Waals surface area contributed by atoms with Crippen LogP contribution in [0, 0.1) is 6.92 Å². The molecule has 0 aliphatic carbocycles. The highest BCUT2D eigenvalue weighted by atomic mass is 35.5. The van der Waals surface area contributed by atoms with Crippen LogP contribution in [0.25, 0.3) is 11.7 Å². The summed E-state index contributed by atoms with van der Waals surface area (Å²) in [6.45, 7) is 6.28. The van der Waals surface area contributed by atoms with Gasteiger partial charge in [-0.15, -0.1) is 24.8 Å². The van der Waals surface area contributed by atoms with Crippen molar-refractivity contribution in [1.82, 2.24) is 15.2 Å². The lowest BCUT2D eigenvalue weighted by Gasteiger charge is -2.33. The van der Waals surface area contributed by atoms with Crippen molar-refractivity contribution in [3.63, 3.8) is 0 Å². The molecule has 0 aromatic carbocycles. The number of hydrogen-bond donors (Lipinski definition) is 1. The molecule has 0 spiro atoms. The van der Waals surface area contributed by atoms with Gasteiger partial charge in [-0.05, 0) is 26.0 Å². The van der Waals surface area contributed by atoms with Gasteiger partial charge in [-0.1, -0.05) is 0 Å². The van der Waals surface area contributed by atoms with Crippen LogP contribution >= 0.6 is 24.8 Å². The van der Waals surface area contributed by atoms with E-state index in [-0.39, 0.29) is 43.2 Å². The van der Waals surface area contributed by atoms with Gasteiger partial charge in [-0.2, -0.15) is 0 Å². The third kappa shape index (κ3) is 4.28. The van der Waals surface area contributed by atoms with Crippen LogP contribution in [0.15, 0.2) is 27.2 Å². The molecule has 1 aliphatic rings. The van der Waals surface area contributed by atoms with E-state index in [0.29, 0.717) is 23.1 Å². The predicted octanol–water partition coefficient (Wildman–Crippen LogP) is 2.45. The van der Waals surface area contributed by atoms with E-state index in [1.165, 1.54) is 0 Å². The highest BCUT2D eigenvalue weighted by Gasteiger charge is 2.25. The molecule has 0 bridgehead atoms. The van der Waals surface area contributed by atoms with Crippen LogP contribution in [0.3, 0.4) is 0 Å². The standard InChI is InChI=1S/C15H19N3O3.2ClH/c1-10-9-16-5-6-18(10)14(19)8-12-11(2)21-15(17-12)13-4-3-7-20-13;;/h3-4,7,10,16H,5-6,8-9H2,1-2H3;2*1H/t10-;;/m1../s1. The lowest BCUT2D eigenvalue weighted by atomic mass is 10.1. The van der Waals surface area contributed by atoms with Gasteiger partial charge in [0.1, 0.15) is 5.76 Å². The van der Waals surface area contributed by atoms with Crippen LogP contribution in [-0.2, 0) is 11.2 Å². The zero-order chi connectivity index (χ0) is 14.8. The molecule has 6 nitrogen and oxygen atoms in total. The van der Waals surface area contributed by atoms with Crippen molar-refractivity contribution in [2.45, 2.75) is 26.3 Å². The number of aryl methyl sites for hydroxylation is 1. The van der Waals surface area contributed by atoms with Crippen molar-refractivity contribution < 1.29 is 13.6 Å². The van der Waals surface area contributed by atoms with Gasteiger partial charge in [0, 0.05) is 25.7 Å². The molecule has 2 aromatic rings. The average molecular weight is 362 g/mol. The van der Waals surface area contributed by atoms with E-state index in [1.807, 2.05) is 18.7 Å². The minimum Gasteiger partial charge on any atom is -0.459 e. The van der Waals surface area contributed by atoms with Crippen LogP contribution in [0.1, 0.15) is 18.4 Å². The first kappa shape index (κ1) is 19.5. The Bertz CT molecular complexity index is 628. The summed E-state index contributed by atoms with van der Waals surface area (Å²) < 4.78 is 10.9. The van der Waals surface area contributed by atoms with Gasteiger partial charge in [0.25, 0.3) is 5.89 Å². The second-order valence-electron chi connectivity index (χ2n) is 5.32. The Hall–Kier alpha value is -1.50. The largest absolute Gasteiger partial charge is 0.459 e. The van der Waals surface area contributed by atoms with Gasteiger partial charge in [0.15, 0.2) is 5.76 Å². The number of rotatable bonds is 3. The summed E-state index contributed by atoms with van der Waals surface area (Å²) in [5.74, 6) is 1.75. The zero-order valence-corrected chi connectivity index (χ0v) is 14.7. The lowest BCUT2D eigenvalue weighted by Crippen LogP contribution is -2.52. The quantitative estimate of drug-likeness (QED) is 0.908. The highest BCUT2D eigenvalue weighted by molar-refractivity contribution is 5.85. The molecule has 3 rings (SSSR count). The van der Waals surface area contributed by atoms with Crippen LogP contribution in [0.5, 0.6) is 0 Å². The third-order valence-electron chi connectivity index (χ3n) is 3.76. The minimum absolute atomic E-state index is 0. The molecule has 8 heteroatoms. The number of hydrogen-bond acceptors (Lipinski definition) is 5. The highest BCUT2D eigenvalue weighted by Crippen LogP contribution is 2.22. The number of amides is 1. The number of piperazine rings is 1. The fraction of sp³-hybridized carbons (Fsp3) is 0.467. The summed E-state index contributed by atoms with van der Waals surface area (Å²) in [7, 11) is 0. The van der Waals surface area contributed by atoms with Crippen molar-refractivity contribution in [2.24, 2.45) is 0 Å². The Kier molecular flexibility index (Phi) is 7.12. The first-order chi connectivity index (χ1) is 10.1.